The maximum Gasteiger partial charge on any atom is 0.271 e. The van der Waals surface area contributed by atoms with E-state index in [-0.39, 0.29) is 5.91 Å². The predicted molar refractivity (Wildman–Crippen MR) is 137 cm³/mol. The maximum absolute atomic E-state index is 12.5. The number of hydrogen-bond acceptors (Lipinski definition) is 5. The highest BCUT2D eigenvalue weighted by Crippen LogP contribution is 2.28. The summed E-state index contributed by atoms with van der Waals surface area (Å²) in [5, 5.41) is 6.44. The number of rotatable bonds is 8. The molecule has 7 heteroatoms. The first-order valence-corrected chi connectivity index (χ1v) is 11.3. The van der Waals surface area contributed by atoms with Crippen LogP contribution in [0.4, 0.5) is 0 Å². The number of ether oxygens (including phenoxy) is 3. The molecule has 4 aromatic carbocycles. The molecule has 4 aromatic rings. The van der Waals surface area contributed by atoms with Gasteiger partial charge >= 0.3 is 0 Å². The third-order valence-electron chi connectivity index (χ3n) is 5.25. The summed E-state index contributed by atoms with van der Waals surface area (Å²) in [6.45, 7) is 0.405. The molecule has 0 unspecified atom stereocenters. The quantitative estimate of drug-likeness (QED) is 0.230. The number of nitrogens with one attached hydrogen (secondary N) is 1. The minimum atomic E-state index is -0.370. The van der Waals surface area contributed by atoms with E-state index in [2.05, 4.69) is 50.7 Å². The van der Waals surface area contributed by atoms with Crippen LogP contribution in [0.25, 0.3) is 10.8 Å². The Morgan fingerprint density at radius 3 is 2.50 bits per heavy atom. The molecule has 0 aromatic heterocycles. The molecule has 4 rings (SSSR count). The Morgan fingerprint density at radius 2 is 1.68 bits per heavy atom. The van der Waals surface area contributed by atoms with E-state index in [4.69, 9.17) is 14.2 Å². The van der Waals surface area contributed by atoms with Gasteiger partial charge in [-0.2, -0.15) is 5.10 Å². The van der Waals surface area contributed by atoms with Gasteiger partial charge in [0.25, 0.3) is 5.91 Å². The third kappa shape index (κ3) is 5.38. The first-order chi connectivity index (χ1) is 16.6. The Kier molecular flexibility index (Phi) is 7.44. The van der Waals surface area contributed by atoms with Gasteiger partial charge in [-0.3, -0.25) is 4.79 Å². The van der Waals surface area contributed by atoms with Gasteiger partial charge in [-0.1, -0.05) is 58.4 Å². The molecule has 0 spiro atoms. The van der Waals surface area contributed by atoms with Gasteiger partial charge in [0.15, 0.2) is 11.5 Å². The SMILES string of the molecule is COc1ccc(C(=O)N/N=C/c2cc(Br)ccc2OCc2cccc3ccccc23)cc1OC. The minimum Gasteiger partial charge on any atom is -0.493 e. The number of amides is 1. The summed E-state index contributed by atoms with van der Waals surface area (Å²) in [4.78, 5) is 12.5. The molecule has 0 saturated heterocycles. The molecule has 0 saturated carbocycles. The lowest BCUT2D eigenvalue weighted by molar-refractivity contribution is 0.0954. The van der Waals surface area contributed by atoms with Crippen LogP contribution in [0.2, 0.25) is 0 Å². The Bertz CT molecular complexity index is 1350. The van der Waals surface area contributed by atoms with Crippen LogP contribution in [-0.4, -0.2) is 26.3 Å². The number of halogens is 1. The largest absolute Gasteiger partial charge is 0.493 e. The highest BCUT2D eigenvalue weighted by molar-refractivity contribution is 9.10. The second-order valence-electron chi connectivity index (χ2n) is 7.38. The smallest absolute Gasteiger partial charge is 0.271 e. The van der Waals surface area contributed by atoms with Crippen LogP contribution < -0.4 is 19.6 Å². The fourth-order valence-corrected chi connectivity index (χ4v) is 3.91. The third-order valence-corrected chi connectivity index (χ3v) is 5.74. The van der Waals surface area contributed by atoms with Gasteiger partial charge in [-0.15, -0.1) is 0 Å². The van der Waals surface area contributed by atoms with E-state index in [1.54, 1.807) is 31.5 Å². The van der Waals surface area contributed by atoms with Gasteiger partial charge in [0.05, 0.1) is 20.4 Å². The molecule has 0 fully saturated rings. The molecule has 0 heterocycles. The minimum absolute atomic E-state index is 0.370. The first kappa shape index (κ1) is 23.3. The summed E-state index contributed by atoms with van der Waals surface area (Å²) in [6, 6.07) is 24.9. The van der Waals surface area contributed by atoms with Crippen LogP contribution in [-0.2, 0) is 6.61 Å². The van der Waals surface area contributed by atoms with Crippen molar-refractivity contribution in [2.45, 2.75) is 6.61 Å². The lowest BCUT2D eigenvalue weighted by atomic mass is 10.1. The van der Waals surface area contributed by atoms with Crippen LogP contribution in [0.5, 0.6) is 17.2 Å². The zero-order valence-electron chi connectivity index (χ0n) is 18.7. The van der Waals surface area contributed by atoms with Gasteiger partial charge in [0.2, 0.25) is 0 Å². The van der Waals surface area contributed by atoms with Crippen LogP contribution in [0, 0.1) is 0 Å². The second kappa shape index (κ2) is 10.9. The van der Waals surface area contributed by atoms with Gasteiger partial charge in [0, 0.05) is 15.6 Å². The molecule has 1 N–H and O–H groups in total. The van der Waals surface area contributed by atoms with Crippen molar-refractivity contribution in [2.24, 2.45) is 5.10 Å². The number of carbonyl (C=O) groups excluding carboxylic acids is 1. The van der Waals surface area contributed by atoms with Crippen molar-refractivity contribution >= 4 is 38.8 Å². The molecular weight excluding hydrogens is 496 g/mol. The molecule has 0 aliphatic carbocycles. The van der Waals surface area contributed by atoms with E-state index in [9.17, 15) is 4.79 Å². The number of methoxy groups -OCH3 is 2. The predicted octanol–water partition coefficient (Wildman–Crippen LogP) is 5.96. The molecule has 0 aliphatic rings. The Labute approximate surface area is 206 Å². The monoisotopic (exact) mass is 518 g/mol. The molecule has 172 valence electrons. The summed E-state index contributed by atoms with van der Waals surface area (Å²) >= 11 is 3.48. The van der Waals surface area contributed by atoms with Crippen molar-refractivity contribution in [3.63, 3.8) is 0 Å². The fourth-order valence-electron chi connectivity index (χ4n) is 3.53. The van der Waals surface area contributed by atoms with Crippen LogP contribution in [0.1, 0.15) is 21.5 Å². The second-order valence-corrected chi connectivity index (χ2v) is 8.29. The number of hydrazone groups is 1. The number of carbonyl (C=O) groups is 1. The number of benzene rings is 4. The Morgan fingerprint density at radius 1 is 0.912 bits per heavy atom. The molecule has 6 nitrogen and oxygen atoms in total. The van der Waals surface area contributed by atoms with Crippen molar-refractivity contribution in [1.82, 2.24) is 5.43 Å². The van der Waals surface area contributed by atoms with E-state index in [0.717, 1.165) is 21.0 Å². The number of fused-ring (bicyclic) bond motifs is 1. The van der Waals surface area contributed by atoms with Gasteiger partial charge in [0.1, 0.15) is 12.4 Å². The number of nitrogens with zero attached hydrogens (tertiary/aromatic N) is 1. The van der Waals surface area contributed by atoms with E-state index >= 15 is 0 Å². The molecule has 0 radical (unpaired) electrons. The average molecular weight is 519 g/mol. The highest BCUT2D eigenvalue weighted by atomic mass is 79.9. The molecule has 0 bridgehead atoms. The summed E-state index contributed by atoms with van der Waals surface area (Å²) in [7, 11) is 3.06. The lowest BCUT2D eigenvalue weighted by Crippen LogP contribution is -2.17. The summed E-state index contributed by atoms with van der Waals surface area (Å²) in [6.07, 6.45) is 1.56. The van der Waals surface area contributed by atoms with Crippen molar-refractivity contribution in [3.05, 3.63) is 100 Å². The number of hydrogen-bond donors (Lipinski definition) is 1. The fraction of sp³-hybridized carbons (Fsp3) is 0.111. The Hall–Kier alpha value is -3.84. The topological polar surface area (TPSA) is 69.2 Å². The molecule has 34 heavy (non-hydrogen) atoms. The van der Waals surface area contributed by atoms with E-state index in [0.29, 0.717) is 29.4 Å². The zero-order chi connectivity index (χ0) is 23.9. The lowest BCUT2D eigenvalue weighted by Gasteiger charge is -2.12. The van der Waals surface area contributed by atoms with Crippen molar-refractivity contribution in [1.29, 1.82) is 0 Å². The first-order valence-electron chi connectivity index (χ1n) is 10.5. The van der Waals surface area contributed by atoms with Gasteiger partial charge < -0.3 is 14.2 Å². The van der Waals surface area contributed by atoms with Crippen molar-refractivity contribution in [2.75, 3.05) is 14.2 Å². The normalized spacial score (nSPS) is 10.9. The van der Waals surface area contributed by atoms with E-state index in [1.165, 1.54) is 12.5 Å². The van der Waals surface area contributed by atoms with Crippen LogP contribution >= 0.6 is 15.9 Å². The van der Waals surface area contributed by atoms with Gasteiger partial charge in [-0.05, 0) is 52.7 Å². The molecule has 1 amide bonds. The van der Waals surface area contributed by atoms with Crippen LogP contribution in [0.15, 0.2) is 88.4 Å². The molecular formula is C27H23BrN2O4. The van der Waals surface area contributed by atoms with E-state index < -0.39 is 0 Å². The highest BCUT2D eigenvalue weighted by Gasteiger charge is 2.11. The van der Waals surface area contributed by atoms with Crippen LogP contribution in [0.3, 0.4) is 0 Å². The average Bonchev–Trinajstić information content (AvgIpc) is 2.87. The summed E-state index contributed by atoms with van der Waals surface area (Å²) in [5.41, 5.74) is 4.76. The molecule has 0 atom stereocenters. The maximum atomic E-state index is 12.5. The van der Waals surface area contributed by atoms with E-state index in [1.807, 2.05) is 36.4 Å². The molecule has 0 aliphatic heterocycles. The zero-order valence-corrected chi connectivity index (χ0v) is 20.3. The Balaban J connectivity index is 1.48. The summed E-state index contributed by atoms with van der Waals surface area (Å²) < 4.78 is 17.5. The van der Waals surface area contributed by atoms with Gasteiger partial charge in [-0.25, -0.2) is 5.43 Å². The van der Waals surface area contributed by atoms with Crippen molar-refractivity contribution < 1.29 is 19.0 Å². The van der Waals surface area contributed by atoms with Crippen molar-refractivity contribution in [3.8, 4) is 17.2 Å². The standard InChI is InChI=1S/C27H23BrN2O4/c1-32-25-12-10-19(15-26(25)33-2)27(31)30-29-16-21-14-22(28)11-13-24(21)34-17-20-8-5-7-18-6-3-4-9-23(18)20/h3-16H,17H2,1-2H3,(H,30,31)/b29-16+. The summed E-state index contributed by atoms with van der Waals surface area (Å²) in [5.74, 6) is 1.30.